The zero-order valence-corrected chi connectivity index (χ0v) is 7.81. The van der Waals surface area contributed by atoms with Gasteiger partial charge in [0.1, 0.15) is 0 Å². The van der Waals surface area contributed by atoms with E-state index in [-0.39, 0.29) is 0 Å². The molecule has 2 fully saturated rings. The largest absolute Gasteiger partial charge is 0.296 e. The van der Waals surface area contributed by atoms with Gasteiger partial charge in [-0.05, 0) is 37.8 Å². The first kappa shape index (κ1) is 8.24. The maximum Gasteiger partial charge on any atom is 0.0872 e. The highest BCUT2D eigenvalue weighted by atomic mass is 19.1. The van der Waals surface area contributed by atoms with Crippen molar-refractivity contribution in [1.29, 1.82) is 0 Å². The molecular weight excluding hydrogens is 153 g/mol. The highest BCUT2D eigenvalue weighted by molar-refractivity contribution is 5.19. The van der Waals surface area contributed by atoms with Crippen molar-refractivity contribution in [3.05, 3.63) is 11.9 Å². The smallest absolute Gasteiger partial charge is 0.0872 e. The molecule has 1 spiro atoms. The van der Waals surface area contributed by atoms with Crippen LogP contribution in [0.5, 0.6) is 0 Å². The van der Waals surface area contributed by atoms with Crippen molar-refractivity contribution >= 4 is 0 Å². The van der Waals surface area contributed by atoms with Crippen molar-refractivity contribution in [2.24, 2.45) is 5.92 Å². The summed E-state index contributed by atoms with van der Waals surface area (Å²) in [7, 11) is 2.11. The van der Waals surface area contributed by atoms with Gasteiger partial charge >= 0.3 is 0 Å². The average molecular weight is 169 g/mol. The molecular formula is C10H16FN. The summed E-state index contributed by atoms with van der Waals surface area (Å²) >= 11 is 0. The molecule has 1 saturated heterocycles. The highest BCUT2D eigenvalue weighted by Crippen LogP contribution is 2.49. The van der Waals surface area contributed by atoms with E-state index >= 15 is 0 Å². The van der Waals surface area contributed by atoms with Gasteiger partial charge in [-0.15, -0.1) is 0 Å². The second-order valence-electron chi connectivity index (χ2n) is 4.54. The fourth-order valence-electron chi connectivity index (χ4n) is 2.85. The van der Waals surface area contributed by atoms with Gasteiger partial charge in [-0.25, -0.2) is 4.39 Å². The zero-order valence-electron chi connectivity index (χ0n) is 7.81. The average Bonchev–Trinajstić information content (AvgIpc) is 2.28. The van der Waals surface area contributed by atoms with Crippen LogP contribution < -0.4 is 0 Å². The molecule has 0 radical (unpaired) electrons. The minimum atomic E-state index is 0.345. The van der Waals surface area contributed by atoms with Gasteiger partial charge in [0.05, 0.1) is 6.33 Å². The molecule has 12 heavy (non-hydrogen) atoms. The van der Waals surface area contributed by atoms with Crippen molar-refractivity contribution in [3.63, 3.8) is 0 Å². The van der Waals surface area contributed by atoms with E-state index in [2.05, 4.69) is 18.9 Å². The summed E-state index contributed by atoms with van der Waals surface area (Å²) in [6.45, 7) is 3.11. The summed E-state index contributed by atoms with van der Waals surface area (Å²) in [5.41, 5.74) is 1.32. The quantitative estimate of drug-likeness (QED) is 0.538. The maximum absolute atomic E-state index is 12.3. The first-order valence-electron chi connectivity index (χ1n) is 4.66. The summed E-state index contributed by atoms with van der Waals surface area (Å²) < 4.78 is 12.3. The van der Waals surface area contributed by atoms with E-state index in [0.29, 0.717) is 5.54 Å². The van der Waals surface area contributed by atoms with E-state index in [1.54, 1.807) is 0 Å². The predicted octanol–water partition coefficient (Wildman–Crippen LogP) is 2.34. The van der Waals surface area contributed by atoms with E-state index in [0.717, 1.165) is 30.8 Å². The molecule has 0 N–H and O–H groups in total. The Morgan fingerprint density at radius 2 is 2.25 bits per heavy atom. The number of nitrogens with zero attached hydrogens (tertiary/aromatic N) is 1. The summed E-state index contributed by atoms with van der Waals surface area (Å²) in [6, 6.07) is 0. The molecule has 68 valence electrons. The number of hydrogen-bond donors (Lipinski definition) is 0. The van der Waals surface area contributed by atoms with Crippen LogP contribution in [0.1, 0.15) is 26.2 Å². The molecule has 0 aromatic rings. The number of likely N-dealkylation sites (tertiary alicyclic amines) is 1. The fourth-order valence-corrected chi connectivity index (χ4v) is 2.85. The molecule has 0 bridgehead atoms. The molecule has 0 atom stereocenters. The van der Waals surface area contributed by atoms with Gasteiger partial charge in [-0.1, -0.05) is 6.92 Å². The monoisotopic (exact) mass is 169 g/mol. The van der Waals surface area contributed by atoms with Crippen LogP contribution in [0.25, 0.3) is 0 Å². The van der Waals surface area contributed by atoms with E-state index < -0.39 is 0 Å². The Kier molecular flexibility index (Phi) is 1.76. The molecule has 1 aliphatic carbocycles. The van der Waals surface area contributed by atoms with E-state index in [1.807, 2.05) is 0 Å². The van der Waals surface area contributed by atoms with E-state index in [1.165, 1.54) is 12.8 Å². The van der Waals surface area contributed by atoms with Gasteiger partial charge in [-0.3, -0.25) is 4.90 Å². The number of halogens is 1. The lowest BCUT2D eigenvalue weighted by molar-refractivity contribution is 0.0331. The van der Waals surface area contributed by atoms with Crippen LogP contribution in [0.2, 0.25) is 0 Å². The Labute approximate surface area is 73.2 Å². The lowest BCUT2D eigenvalue weighted by Gasteiger charge is -2.48. The van der Waals surface area contributed by atoms with Crippen LogP contribution in [0.15, 0.2) is 11.9 Å². The number of likely N-dealkylation sites (N-methyl/N-ethyl adjacent to an activating group) is 1. The van der Waals surface area contributed by atoms with Crippen molar-refractivity contribution in [2.75, 3.05) is 13.6 Å². The Hall–Kier alpha value is -0.370. The first-order valence-corrected chi connectivity index (χ1v) is 4.66. The molecule has 0 unspecified atom stereocenters. The third-order valence-electron chi connectivity index (χ3n) is 3.42. The molecule has 0 aromatic carbocycles. The third-order valence-corrected chi connectivity index (χ3v) is 3.42. The predicted molar refractivity (Wildman–Crippen MR) is 47.6 cm³/mol. The minimum Gasteiger partial charge on any atom is -0.296 e. The normalized spacial score (nSPS) is 45.6. The van der Waals surface area contributed by atoms with Crippen LogP contribution in [0, 0.1) is 5.92 Å². The maximum atomic E-state index is 12.3. The Balaban J connectivity index is 2.09. The summed E-state index contributed by atoms with van der Waals surface area (Å²) in [6.07, 6.45) is 4.26. The highest BCUT2D eigenvalue weighted by Gasteiger charge is 2.49. The van der Waals surface area contributed by atoms with Crippen LogP contribution in [0.3, 0.4) is 0 Å². The van der Waals surface area contributed by atoms with Gasteiger partial charge in [-0.2, -0.15) is 0 Å². The van der Waals surface area contributed by atoms with E-state index in [9.17, 15) is 4.39 Å². The molecule has 2 rings (SSSR count). The van der Waals surface area contributed by atoms with Gasteiger partial charge in [0.15, 0.2) is 0 Å². The number of rotatable bonds is 0. The molecule has 1 nitrogen and oxygen atoms in total. The summed E-state index contributed by atoms with van der Waals surface area (Å²) in [5.74, 6) is 0.839. The number of hydrogen-bond acceptors (Lipinski definition) is 1. The SMILES string of the molecule is CC1CC2(C/C(=C/F)CN2C)C1. The molecule has 0 aromatic heterocycles. The van der Waals surface area contributed by atoms with Crippen LogP contribution in [-0.4, -0.2) is 24.0 Å². The second kappa shape index (κ2) is 2.56. The van der Waals surface area contributed by atoms with Crippen molar-refractivity contribution in [2.45, 2.75) is 31.7 Å². The molecule has 2 heteroatoms. The summed E-state index contributed by atoms with van der Waals surface area (Å²) in [4.78, 5) is 2.32. The van der Waals surface area contributed by atoms with Crippen molar-refractivity contribution in [3.8, 4) is 0 Å². The fraction of sp³-hybridized carbons (Fsp3) is 0.800. The molecule has 2 aliphatic rings. The van der Waals surface area contributed by atoms with Gasteiger partial charge in [0.2, 0.25) is 0 Å². The van der Waals surface area contributed by atoms with Crippen LogP contribution in [0.4, 0.5) is 4.39 Å². The van der Waals surface area contributed by atoms with Gasteiger partial charge in [0, 0.05) is 12.1 Å². The first-order chi connectivity index (χ1) is 5.66. The molecule has 0 amide bonds. The third kappa shape index (κ3) is 1.01. The van der Waals surface area contributed by atoms with E-state index in [4.69, 9.17) is 0 Å². The Bertz CT molecular complexity index is 216. The Morgan fingerprint density at radius 3 is 2.67 bits per heavy atom. The standard InChI is InChI=1S/C10H16FN/c1-8-3-10(4-8)5-9(6-11)7-12(10)2/h6,8H,3-5,7H2,1-2H3/b9-6-. The lowest BCUT2D eigenvalue weighted by atomic mass is 9.67. The summed E-state index contributed by atoms with van der Waals surface area (Å²) in [5, 5.41) is 0. The topological polar surface area (TPSA) is 3.24 Å². The van der Waals surface area contributed by atoms with Crippen LogP contribution >= 0.6 is 0 Å². The van der Waals surface area contributed by atoms with Gasteiger partial charge in [0.25, 0.3) is 0 Å². The Morgan fingerprint density at radius 1 is 1.58 bits per heavy atom. The molecule has 1 aliphatic heterocycles. The van der Waals surface area contributed by atoms with Crippen molar-refractivity contribution < 1.29 is 4.39 Å². The van der Waals surface area contributed by atoms with Gasteiger partial charge < -0.3 is 0 Å². The van der Waals surface area contributed by atoms with Crippen molar-refractivity contribution in [1.82, 2.24) is 4.90 Å². The van der Waals surface area contributed by atoms with Crippen LogP contribution in [-0.2, 0) is 0 Å². The minimum absolute atomic E-state index is 0.345. The second-order valence-corrected chi connectivity index (χ2v) is 4.54. The zero-order chi connectivity index (χ0) is 8.77. The molecule has 1 heterocycles. The molecule has 1 saturated carbocycles. The lowest BCUT2D eigenvalue weighted by Crippen LogP contribution is -2.51.